The number of fused-ring (bicyclic) bond motifs is 3. The van der Waals surface area contributed by atoms with Gasteiger partial charge in [-0.25, -0.2) is 4.98 Å². The molecule has 0 saturated carbocycles. The maximum Gasteiger partial charge on any atom is 0.452 e. The SMILES string of the molecule is FC(F)(F)c1nnc2c(N[C@@H]3C[C@H]4CC[C@@H]3N4)nccn12. The third kappa shape index (κ3) is 2.03. The monoisotopic (exact) mass is 298 g/mol. The first-order valence-corrected chi connectivity index (χ1v) is 6.82. The maximum absolute atomic E-state index is 12.8. The molecule has 2 aromatic rings. The van der Waals surface area contributed by atoms with E-state index in [0.29, 0.717) is 17.9 Å². The molecule has 2 aliphatic heterocycles. The van der Waals surface area contributed by atoms with Crippen LogP contribution in [0.2, 0.25) is 0 Å². The minimum atomic E-state index is -4.54. The molecule has 4 heterocycles. The summed E-state index contributed by atoms with van der Waals surface area (Å²) in [6.45, 7) is 0. The number of nitrogens with one attached hydrogen (secondary N) is 2. The second-order valence-electron chi connectivity index (χ2n) is 5.52. The van der Waals surface area contributed by atoms with Gasteiger partial charge in [0.1, 0.15) is 0 Å². The molecule has 3 atom stereocenters. The Morgan fingerprint density at radius 1 is 1.29 bits per heavy atom. The van der Waals surface area contributed by atoms with Crippen molar-refractivity contribution < 1.29 is 13.2 Å². The molecule has 0 spiro atoms. The summed E-state index contributed by atoms with van der Waals surface area (Å²) in [6.07, 6.45) is 1.20. The van der Waals surface area contributed by atoms with Crippen LogP contribution in [0.3, 0.4) is 0 Å². The van der Waals surface area contributed by atoms with Gasteiger partial charge in [0.05, 0.1) is 0 Å². The van der Waals surface area contributed by atoms with Crippen molar-refractivity contribution in [1.29, 1.82) is 0 Å². The molecule has 0 radical (unpaired) electrons. The van der Waals surface area contributed by atoms with Gasteiger partial charge in [0.2, 0.25) is 11.5 Å². The molecule has 2 bridgehead atoms. The molecule has 112 valence electrons. The Labute approximate surface area is 117 Å². The Morgan fingerprint density at radius 2 is 2.14 bits per heavy atom. The van der Waals surface area contributed by atoms with Crippen molar-refractivity contribution in [3.8, 4) is 0 Å². The fourth-order valence-electron chi connectivity index (χ4n) is 3.28. The van der Waals surface area contributed by atoms with E-state index in [9.17, 15) is 13.2 Å². The molecule has 0 aromatic carbocycles. The lowest BCUT2D eigenvalue weighted by Crippen LogP contribution is -2.33. The van der Waals surface area contributed by atoms with Crippen LogP contribution in [0.4, 0.5) is 19.0 Å². The van der Waals surface area contributed by atoms with Crippen LogP contribution in [0.5, 0.6) is 0 Å². The summed E-state index contributed by atoms with van der Waals surface area (Å²) in [5, 5.41) is 13.6. The average molecular weight is 298 g/mol. The fraction of sp³-hybridized carbons (Fsp3) is 0.583. The standard InChI is InChI=1S/C12H13F3N6/c13-12(14,15)11-20-19-10-9(16-3-4-21(10)11)18-8-5-6-1-2-7(8)17-6/h3-4,6-8,17H,1-2,5H2,(H,16,18)/t6-,7+,8-/m1/s1. The van der Waals surface area contributed by atoms with E-state index in [-0.39, 0.29) is 11.7 Å². The van der Waals surface area contributed by atoms with Crippen molar-refractivity contribution in [3.63, 3.8) is 0 Å². The topological polar surface area (TPSA) is 67.1 Å². The highest BCUT2D eigenvalue weighted by molar-refractivity contribution is 5.62. The van der Waals surface area contributed by atoms with Crippen molar-refractivity contribution in [2.75, 3.05) is 5.32 Å². The zero-order valence-corrected chi connectivity index (χ0v) is 10.9. The molecule has 0 amide bonds. The first kappa shape index (κ1) is 12.8. The highest BCUT2D eigenvalue weighted by Gasteiger charge is 2.40. The van der Waals surface area contributed by atoms with Gasteiger partial charge in [0.25, 0.3) is 0 Å². The zero-order chi connectivity index (χ0) is 14.6. The van der Waals surface area contributed by atoms with E-state index in [1.807, 2.05) is 0 Å². The molecule has 21 heavy (non-hydrogen) atoms. The summed E-state index contributed by atoms with van der Waals surface area (Å²) in [6, 6.07) is 1.02. The number of aromatic nitrogens is 4. The van der Waals surface area contributed by atoms with E-state index in [4.69, 9.17) is 0 Å². The number of anilines is 1. The Morgan fingerprint density at radius 3 is 2.81 bits per heavy atom. The highest BCUT2D eigenvalue weighted by Crippen LogP contribution is 2.32. The second kappa shape index (κ2) is 4.30. The number of halogens is 3. The lowest BCUT2D eigenvalue weighted by atomic mass is 9.95. The highest BCUT2D eigenvalue weighted by atomic mass is 19.4. The van der Waals surface area contributed by atoms with Gasteiger partial charge in [-0.15, -0.1) is 10.2 Å². The van der Waals surface area contributed by atoms with Crippen LogP contribution in [0.1, 0.15) is 25.1 Å². The van der Waals surface area contributed by atoms with E-state index in [1.165, 1.54) is 12.4 Å². The van der Waals surface area contributed by atoms with Crippen LogP contribution in [0.25, 0.3) is 5.65 Å². The number of rotatable bonds is 2. The lowest BCUT2D eigenvalue weighted by Gasteiger charge is -2.21. The number of alkyl halides is 3. The van der Waals surface area contributed by atoms with E-state index < -0.39 is 12.0 Å². The third-order valence-corrected chi connectivity index (χ3v) is 4.20. The van der Waals surface area contributed by atoms with Gasteiger partial charge in [-0.2, -0.15) is 13.2 Å². The molecule has 2 saturated heterocycles. The number of nitrogens with zero attached hydrogens (tertiary/aromatic N) is 4. The fourth-order valence-corrected chi connectivity index (χ4v) is 3.28. The van der Waals surface area contributed by atoms with Crippen molar-refractivity contribution in [1.82, 2.24) is 24.9 Å². The van der Waals surface area contributed by atoms with Crippen molar-refractivity contribution in [2.45, 2.75) is 43.6 Å². The average Bonchev–Trinajstić information content (AvgIpc) is 3.12. The van der Waals surface area contributed by atoms with Crippen molar-refractivity contribution in [3.05, 3.63) is 18.2 Å². The molecule has 9 heteroatoms. The molecule has 2 aliphatic rings. The molecular formula is C12H13F3N6. The minimum absolute atomic E-state index is 0.104. The van der Waals surface area contributed by atoms with E-state index >= 15 is 0 Å². The first-order valence-electron chi connectivity index (χ1n) is 6.82. The maximum atomic E-state index is 12.8. The predicted molar refractivity (Wildman–Crippen MR) is 67.8 cm³/mol. The largest absolute Gasteiger partial charge is 0.452 e. The molecular weight excluding hydrogens is 285 g/mol. The second-order valence-corrected chi connectivity index (χ2v) is 5.52. The quantitative estimate of drug-likeness (QED) is 0.878. The van der Waals surface area contributed by atoms with Gasteiger partial charge in [0.15, 0.2) is 5.82 Å². The van der Waals surface area contributed by atoms with Crippen LogP contribution in [0.15, 0.2) is 12.4 Å². The smallest absolute Gasteiger partial charge is 0.363 e. The first-order chi connectivity index (χ1) is 10.0. The molecule has 6 nitrogen and oxygen atoms in total. The van der Waals surface area contributed by atoms with Gasteiger partial charge in [-0.05, 0) is 19.3 Å². The summed E-state index contributed by atoms with van der Waals surface area (Å²) in [4.78, 5) is 4.12. The molecule has 2 N–H and O–H groups in total. The van der Waals surface area contributed by atoms with Gasteiger partial charge in [0, 0.05) is 30.5 Å². The van der Waals surface area contributed by atoms with E-state index in [2.05, 4.69) is 25.8 Å². The van der Waals surface area contributed by atoms with Crippen LogP contribution < -0.4 is 10.6 Å². The predicted octanol–water partition coefficient (Wildman–Crippen LogP) is 1.45. The van der Waals surface area contributed by atoms with Gasteiger partial charge in [-0.1, -0.05) is 0 Å². The van der Waals surface area contributed by atoms with Gasteiger partial charge >= 0.3 is 6.18 Å². The summed E-state index contributed by atoms with van der Waals surface area (Å²) in [5.74, 6) is -0.686. The van der Waals surface area contributed by atoms with Crippen LogP contribution in [0, 0.1) is 0 Å². The molecule has 2 aromatic heterocycles. The molecule has 4 rings (SSSR count). The number of hydrogen-bond acceptors (Lipinski definition) is 5. The lowest BCUT2D eigenvalue weighted by molar-refractivity contribution is -0.145. The molecule has 0 unspecified atom stereocenters. The summed E-state index contributed by atoms with van der Waals surface area (Å²) in [7, 11) is 0. The zero-order valence-electron chi connectivity index (χ0n) is 10.9. The van der Waals surface area contributed by atoms with Crippen molar-refractivity contribution in [2.24, 2.45) is 0 Å². The van der Waals surface area contributed by atoms with Crippen LogP contribution in [-0.2, 0) is 6.18 Å². The Balaban J connectivity index is 1.68. The third-order valence-electron chi connectivity index (χ3n) is 4.20. The Kier molecular flexibility index (Phi) is 2.62. The summed E-state index contributed by atoms with van der Waals surface area (Å²) >= 11 is 0. The Bertz CT molecular complexity index is 681. The van der Waals surface area contributed by atoms with Crippen LogP contribution >= 0.6 is 0 Å². The van der Waals surface area contributed by atoms with E-state index in [0.717, 1.165) is 23.7 Å². The van der Waals surface area contributed by atoms with E-state index in [1.54, 1.807) is 0 Å². The van der Waals surface area contributed by atoms with Crippen molar-refractivity contribution >= 4 is 11.5 Å². The summed E-state index contributed by atoms with van der Waals surface area (Å²) in [5.41, 5.74) is 0.104. The van der Waals surface area contributed by atoms with Crippen LogP contribution in [-0.4, -0.2) is 37.7 Å². The molecule has 0 aliphatic carbocycles. The molecule has 2 fully saturated rings. The minimum Gasteiger partial charge on any atom is -0.363 e. The van der Waals surface area contributed by atoms with Gasteiger partial charge in [-0.3, -0.25) is 4.40 Å². The normalized spacial score (nSPS) is 28.4. The van der Waals surface area contributed by atoms with Gasteiger partial charge < -0.3 is 10.6 Å². The number of hydrogen-bond donors (Lipinski definition) is 2. The summed E-state index contributed by atoms with van der Waals surface area (Å²) < 4.78 is 39.4. The Hall–Kier alpha value is -1.90.